The van der Waals surface area contributed by atoms with Crippen molar-refractivity contribution in [1.82, 2.24) is 4.90 Å². The van der Waals surface area contributed by atoms with Crippen molar-refractivity contribution in [2.24, 2.45) is 5.41 Å². The summed E-state index contributed by atoms with van der Waals surface area (Å²) in [5.41, 5.74) is -0.417. The highest BCUT2D eigenvalue weighted by Crippen LogP contribution is 2.36. The van der Waals surface area contributed by atoms with Gasteiger partial charge in [-0.15, -0.1) is 0 Å². The van der Waals surface area contributed by atoms with Crippen LogP contribution in [0.2, 0.25) is 0 Å². The second-order valence-corrected chi connectivity index (χ2v) is 6.13. The Morgan fingerprint density at radius 1 is 1.38 bits per heavy atom. The number of ether oxygens (including phenoxy) is 1. The summed E-state index contributed by atoms with van der Waals surface area (Å²) in [7, 11) is 0. The molecule has 1 aliphatic rings. The van der Waals surface area contributed by atoms with Gasteiger partial charge in [0.05, 0.1) is 12.0 Å². The molecule has 1 aromatic rings. The second kappa shape index (κ2) is 8.08. The Labute approximate surface area is 142 Å². The van der Waals surface area contributed by atoms with Crippen molar-refractivity contribution < 1.29 is 18.7 Å². The Morgan fingerprint density at radius 3 is 2.79 bits per heavy atom. The Kier molecular flexibility index (Phi) is 6.12. The van der Waals surface area contributed by atoms with E-state index in [1.807, 2.05) is 0 Å². The lowest BCUT2D eigenvalue weighted by Crippen LogP contribution is -2.51. The molecule has 0 radical (unpaired) electrons. The van der Waals surface area contributed by atoms with E-state index in [0.29, 0.717) is 24.9 Å². The van der Waals surface area contributed by atoms with Crippen LogP contribution in [-0.2, 0) is 20.7 Å². The molecule has 0 unspecified atom stereocenters. The fourth-order valence-electron chi connectivity index (χ4n) is 3.24. The summed E-state index contributed by atoms with van der Waals surface area (Å²) >= 11 is 0. The molecule has 24 heavy (non-hydrogen) atoms. The van der Waals surface area contributed by atoms with E-state index in [1.165, 1.54) is 12.1 Å². The van der Waals surface area contributed by atoms with E-state index < -0.39 is 5.41 Å². The van der Waals surface area contributed by atoms with Gasteiger partial charge in [0.15, 0.2) is 0 Å². The standard InChI is InChI=1S/C19H24FNO3/c1-3-8-17(22)21-12-7-11-19(14-21,18(23)24-4-2)13-15-9-5-6-10-16(15)20/h3,5-6,8-10H,4,7,11-14H2,1-2H3/b8-3+/t19-/m1/s1. The van der Waals surface area contributed by atoms with Crippen molar-refractivity contribution in [2.75, 3.05) is 19.7 Å². The molecule has 1 atom stereocenters. The molecule has 0 aromatic heterocycles. The first-order valence-electron chi connectivity index (χ1n) is 8.34. The van der Waals surface area contributed by atoms with Crippen LogP contribution in [0.25, 0.3) is 0 Å². The van der Waals surface area contributed by atoms with E-state index in [4.69, 9.17) is 4.74 Å². The van der Waals surface area contributed by atoms with Crippen molar-refractivity contribution in [3.8, 4) is 0 Å². The molecular formula is C19H24FNO3. The van der Waals surface area contributed by atoms with E-state index in [0.717, 1.165) is 0 Å². The zero-order valence-electron chi connectivity index (χ0n) is 14.3. The van der Waals surface area contributed by atoms with Gasteiger partial charge in [0, 0.05) is 13.1 Å². The van der Waals surface area contributed by atoms with Crippen LogP contribution < -0.4 is 0 Å². The molecule has 2 rings (SSSR count). The maximum atomic E-state index is 14.1. The molecule has 1 amide bonds. The Balaban J connectivity index is 2.31. The number of allylic oxidation sites excluding steroid dienone is 1. The molecule has 0 saturated carbocycles. The highest BCUT2D eigenvalue weighted by Gasteiger charge is 2.44. The van der Waals surface area contributed by atoms with Crippen molar-refractivity contribution in [1.29, 1.82) is 0 Å². The van der Waals surface area contributed by atoms with Gasteiger partial charge >= 0.3 is 5.97 Å². The van der Waals surface area contributed by atoms with Crippen LogP contribution in [0.3, 0.4) is 0 Å². The third-order valence-corrected chi connectivity index (χ3v) is 4.39. The highest BCUT2D eigenvalue weighted by molar-refractivity contribution is 5.88. The number of likely N-dealkylation sites (tertiary alicyclic amines) is 1. The zero-order chi connectivity index (χ0) is 17.6. The maximum Gasteiger partial charge on any atom is 0.314 e. The van der Waals surface area contributed by atoms with E-state index in [9.17, 15) is 14.0 Å². The first-order chi connectivity index (χ1) is 11.5. The van der Waals surface area contributed by atoms with Crippen LogP contribution in [0.4, 0.5) is 4.39 Å². The Bertz CT molecular complexity index is 629. The lowest BCUT2D eigenvalue weighted by molar-refractivity contribution is -0.160. The summed E-state index contributed by atoms with van der Waals surface area (Å²) < 4.78 is 19.4. The molecule has 1 heterocycles. The number of carbonyl (C=O) groups is 2. The number of esters is 1. The predicted molar refractivity (Wildman–Crippen MR) is 89.8 cm³/mol. The van der Waals surface area contributed by atoms with Crippen LogP contribution in [0.1, 0.15) is 32.3 Å². The topological polar surface area (TPSA) is 46.6 Å². The number of hydrogen-bond acceptors (Lipinski definition) is 3. The summed E-state index contributed by atoms with van der Waals surface area (Å²) in [5, 5.41) is 0. The van der Waals surface area contributed by atoms with Gasteiger partial charge in [-0.1, -0.05) is 24.3 Å². The number of carbonyl (C=O) groups excluding carboxylic acids is 2. The monoisotopic (exact) mass is 333 g/mol. The van der Waals surface area contributed by atoms with Crippen molar-refractivity contribution in [2.45, 2.75) is 33.1 Å². The van der Waals surface area contributed by atoms with Crippen LogP contribution in [0, 0.1) is 11.2 Å². The third-order valence-electron chi connectivity index (χ3n) is 4.39. The summed E-state index contributed by atoms with van der Waals surface area (Å²) in [6, 6.07) is 6.45. The smallest absolute Gasteiger partial charge is 0.314 e. The van der Waals surface area contributed by atoms with Crippen LogP contribution >= 0.6 is 0 Å². The number of rotatable bonds is 5. The number of benzene rings is 1. The molecule has 4 nitrogen and oxygen atoms in total. The fraction of sp³-hybridized carbons (Fsp3) is 0.474. The minimum absolute atomic E-state index is 0.126. The van der Waals surface area contributed by atoms with Gasteiger partial charge in [-0.25, -0.2) is 4.39 Å². The largest absolute Gasteiger partial charge is 0.466 e. The molecule has 1 aromatic carbocycles. The van der Waals surface area contributed by atoms with Gasteiger partial charge in [-0.05, 0) is 50.8 Å². The lowest BCUT2D eigenvalue weighted by Gasteiger charge is -2.40. The number of halogens is 1. The lowest BCUT2D eigenvalue weighted by atomic mass is 9.75. The van der Waals surface area contributed by atoms with Gasteiger partial charge in [0.25, 0.3) is 0 Å². The Hall–Kier alpha value is -2.17. The molecule has 5 heteroatoms. The van der Waals surface area contributed by atoms with Gasteiger partial charge in [-0.3, -0.25) is 9.59 Å². The van der Waals surface area contributed by atoms with Gasteiger partial charge in [0.1, 0.15) is 5.82 Å². The molecule has 1 fully saturated rings. The van der Waals surface area contributed by atoms with Crippen molar-refractivity contribution in [3.63, 3.8) is 0 Å². The molecule has 130 valence electrons. The number of piperidine rings is 1. The van der Waals surface area contributed by atoms with Crippen molar-refractivity contribution in [3.05, 3.63) is 47.8 Å². The van der Waals surface area contributed by atoms with Gasteiger partial charge < -0.3 is 9.64 Å². The Morgan fingerprint density at radius 2 is 2.12 bits per heavy atom. The summed E-state index contributed by atoms with van der Waals surface area (Å²) in [6.45, 7) is 4.64. The fourth-order valence-corrected chi connectivity index (χ4v) is 3.24. The average molecular weight is 333 g/mol. The molecule has 0 spiro atoms. The number of hydrogen-bond donors (Lipinski definition) is 0. The predicted octanol–water partition coefficient (Wildman–Crippen LogP) is 3.12. The summed E-state index contributed by atoms with van der Waals surface area (Å²) in [5.74, 6) is -0.816. The van der Waals surface area contributed by atoms with E-state index in [1.54, 1.807) is 43.0 Å². The molecule has 1 aliphatic heterocycles. The van der Waals surface area contributed by atoms with E-state index in [2.05, 4.69) is 0 Å². The van der Waals surface area contributed by atoms with E-state index >= 15 is 0 Å². The summed E-state index contributed by atoms with van der Waals surface area (Å²) in [6.07, 6.45) is 4.68. The highest BCUT2D eigenvalue weighted by atomic mass is 19.1. The van der Waals surface area contributed by atoms with E-state index in [-0.39, 0.29) is 37.3 Å². The molecular weight excluding hydrogens is 309 g/mol. The van der Waals surface area contributed by atoms with Crippen LogP contribution in [0.15, 0.2) is 36.4 Å². The van der Waals surface area contributed by atoms with Crippen molar-refractivity contribution >= 4 is 11.9 Å². The first kappa shape index (κ1) is 18.2. The molecule has 0 N–H and O–H groups in total. The van der Waals surface area contributed by atoms with Gasteiger partial charge in [0.2, 0.25) is 5.91 Å². The SMILES string of the molecule is C/C=C/C(=O)N1CCC[C@](Cc2ccccc2F)(C(=O)OCC)C1. The first-order valence-corrected chi connectivity index (χ1v) is 8.34. The molecule has 0 aliphatic carbocycles. The number of nitrogens with zero attached hydrogens (tertiary/aromatic N) is 1. The van der Waals surface area contributed by atoms with Crippen LogP contribution in [0.5, 0.6) is 0 Å². The quantitative estimate of drug-likeness (QED) is 0.614. The minimum atomic E-state index is -0.895. The zero-order valence-corrected chi connectivity index (χ0v) is 14.3. The molecule has 1 saturated heterocycles. The number of amides is 1. The third kappa shape index (κ3) is 4.02. The summed E-state index contributed by atoms with van der Waals surface area (Å²) in [4.78, 5) is 26.5. The van der Waals surface area contributed by atoms with Crippen LogP contribution in [-0.4, -0.2) is 36.5 Å². The maximum absolute atomic E-state index is 14.1. The second-order valence-electron chi connectivity index (χ2n) is 6.13. The van der Waals surface area contributed by atoms with Gasteiger partial charge in [-0.2, -0.15) is 0 Å². The molecule has 0 bridgehead atoms. The minimum Gasteiger partial charge on any atom is -0.466 e. The average Bonchev–Trinajstić information content (AvgIpc) is 2.57. The normalized spacial score (nSPS) is 21.0.